The number of rotatable bonds is 7. The number of ether oxygens (including phenoxy) is 1. The number of nitrogens with one attached hydrogen (secondary N) is 3. The topological polar surface area (TPSA) is 117 Å². The molecule has 1 aliphatic heterocycles. The number of carbonyl (C=O) groups is 3. The van der Waals surface area contributed by atoms with Gasteiger partial charge in [0.05, 0.1) is 18.6 Å². The third-order valence-corrected chi connectivity index (χ3v) is 5.46. The van der Waals surface area contributed by atoms with Crippen LogP contribution in [0, 0.1) is 13.8 Å². The Morgan fingerprint density at radius 2 is 1.94 bits per heavy atom. The zero-order chi connectivity index (χ0) is 23.9. The lowest BCUT2D eigenvalue weighted by atomic mass is 9.96. The lowest BCUT2D eigenvalue weighted by Crippen LogP contribution is -2.50. The van der Waals surface area contributed by atoms with Gasteiger partial charge in [0.2, 0.25) is 11.8 Å². The molecule has 0 aliphatic carbocycles. The Kier molecular flexibility index (Phi) is 9.07. The number of hydrogen-bond acceptors (Lipinski definition) is 5. The number of hydrogen-bond donors (Lipinski definition) is 4. The second-order valence-electron chi connectivity index (χ2n) is 9.55. The van der Waals surface area contributed by atoms with Crippen molar-refractivity contribution in [2.24, 2.45) is 0 Å². The molecule has 0 saturated carbocycles. The molecule has 1 saturated heterocycles. The lowest BCUT2D eigenvalue weighted by Gasteiger charge is -2.27. The average molecular weight is 448 g/mol. The van der Waals surface area contributed by atoms with Crippen LogP contribution < -0.4 is 16.0 Å². The van der Waals surface area contributed by atoms with E-state index in [4.69, 9.17) is 4.74 Å². The largest absolute Gasteiger partial charge is 0.444 e. The Balaban J connectivity index is 2.08. The van der Waals surface area contributed by atoms with E-state index in [-0.39, 0.29) is 12.3 Å². The molecule has 4 N–H and O–H groups in total. The Morgan fingerprint density at radius 1 is 1.22 bits per heavy atom. The van der Waals surface area contributed by atoms with E-state index < -0.39 is 35.8 Å². The van der Waals surface area contributed by atoms with Crippen molar-refractivity contribution in [3.8, 4) is 0 Å². The highest BCUT2D eigenvalue weighted by atomic mass is 16.6. The summed E-state index contributed by atoms with van der Waals surface area (Å²) in [5.74, 6) is -0.639. The molecule has 3 atom stereocenters. The smallest absolute Gasteiger partial charge is 0.407 e. The molecule has 178 valence electrons. The van der Waals surface area contributed by atoms with Gasteiger partial charge in [0.25, 0.3) is 0 Å². The zero-order valence-corrected chi connectivity index (χ0v) is 19.8. The number of carbonyl (C=O) groups excluding carboxylic acids is 3. The van der Waals surface area contributed by atoms with E-state index in [1.165, 1.54) is 0 Å². The fourth-order valence-corrected chi connectivity index (χ4v) is 3.59. The average Bonchev–Trinajstić information content (AvgIpc) is 2.87. The van der Waals surface area contributed by atoms with Gasteiger partial charge >= 0.3 is 6.09 Å². The van der Waals surface area contributed by atoms with Gasteiger partial charge < -0.3 is 25.8 Å². The molecular weight excluding hydrogens is 410 g/mol. The van der Waals surface area contributed by atoms with Crippen molar-refractivity contribution in [3.63, 3.8) is 0 Å². The van der Waals surface area contributed by atoms with Gasteiger partial charge in [0, 0.05) is 6.54 Å². The first-order valence-corrected chi connectivity index (χ1v) is 11.3. The summed E-state index contributed by atoms with van der Waals surface area (Å²) in [5.41, 5.74) is 2.48. The Morgan fingerprint density at radius 3 is 2.59 bits per heavy atom. The maximum absolute atomic E-state index is 12.6. The van der Waals surface area contributed by atoms with Crippen LogP contribution in [0.1, 0.15) is 63.1 Å². The zero-order valence-electron chi connectivity index (χ0n) is 19.8. The molecule has 1 aromatic carbocycles. The maximum Gasteiger partial charge on any atom is 0.407 e. The third kappa shape index (κ3) is 8.49. The van der Waals surface area contributed by atoms with E-state index >= 15 is 0 Å². The van der Waals surface area contributed by atoms with E-state index in [9.17, 15) is 19.5 Å². The van der Waals surface area contributed by atoms with E-state index in [0.717, 1.165) is 29.5 Å². The summed E-state index contributed by atoms with van der Waals surface area (Å²) in [6, 6.07) is 4.59. The standard InChI is InChI=1S/C24H37N3O5/c1-15-9-10-17(12-16(15)2)13-19(27-23(31)32-24(3,4)5)20(28)14-21(29)26-18-8-6-7-11-25-22(18)30/h9-10,12,18-20,28H,6-8,11,13-14H2,1-5H3,(H,25,30)(H,26,29)(H,27,31)/t18-,19?,20?/m1/s1. The molecule has 0 spiro atoms. The lowest BCUT2D eigenvalue weighted by molar-refractivity contribution is -0.130. The highest BCUT2D eigenvalue weighted by molar-refractivity contribution is 5.87. The van der Waals surface area contributed by atoms with Crippen LogP contribution in [0.3, 0.4) is 0 Å². The van der Waals surface area contributed by atoms with Crippen molar-refractivity contribution in [3.05, 3.63) is 34.9 Å². The van der Waals surface area contributed by atoms with Gasteiger partial charge in [0.1, 0.15) is 11.6 Å². The van der Waals surface area contributed by atoms with Crippen LogP contribution in [0.25, 0.3) is 0 Å². The third-order valence-electron chi connectivity index (χ3n) is 5.46. The van der Waals surface area contributed by atoms with Crippen LogP contribution in [0.2, 0.25) is 0 Å². The van der Waals surface area contributed by atoms with Crippen LogP contribution >= 0.6 is 0 Å². The van der Waals surface area contributed by atoms with Gasteiger partial charge in [-0.05, 0) is 77.0 Å². The van der Waals surface area contributed by atoms with Gasteiger partial charge in [-0.2, -0.15) is 0 Å². The van der Waals surface area contributed by atoms with Crippen molar-refractivity contribution < 1.29 is 24.2 Å². The van der Waals surface area contributed by atoms with Crippen LogP contribution in [0.4, 0.5) is 4.79 Å². The predicted octanol–water partition coefficient (Wildman–Crippen LogP) is 2.28. The summed E-state index contributed by atoms with van der Waals surface area (Å²) in [4.78, 5) is 37.0. The number of aryl methyl sites for hydroxylation is 2. The van der Waals surface area contributed by atoms with E-state index in [1.54, 1.807) is 20.8 Å². The van der Waals surface area contributed by atoms with Crippen molar-refractivity contribution >= 4 is 17.9 Å². The Bertz CT molecular complexity index is 818. The second-order valence-corrected chi connectivity index (χ2v) is 9.55. The van der Waals surface area contributed by atoms with Gasteiger partial charge in [0.15, 0.2) is 0 Å². The Hall–Kier alpha value is -2.61. The number of benzene rings is 1. The van der Waals surface area contributed by atoms with E-state index in [0.29, 0.717) is 19.4 Å². The normalized spacial score (nSPS) is 18.7. The molecule has 0 bridgehead atoms. The highest BCUT2D eigenvalue weighted by Crippen LogP contribution is 2.15. The summed E-state index contributed by atoms with van der Waals surface area (Å²) in [5, 5.41) is 19.0. The molecule has 1 aliphatic rings. The number of aliphatic hydroxyl groups is 1. The van der Waals surface area contributed by atoms with Gasteiger partial charge in [-0.3, -0.25) is 9.59 Å². The summed E-state index contributed by atoms with van der Waals surface area (Å²) in [6.07, 6.45) is 0.552. The maximum atomic E-state index is 12.6. The molecule has 1 fully saturated rings. The quantitative estimate of drug-likeness (QED) is 0.512. The molecule has 2 unspecified atom stereocenters. The van der Waals surface area contributed by atoms with Crippen molar-refractivity contribution in [1.29, 1.82) is 0 Å². The molecule has 3 amide bonds. The summed E-state index contributed by atoms with van der Waals surface area (Å²) in [7, 11) is 0. The van der Waals surface area contributed by atoms with Crippen molar-refractivity contribution in [1.82, 2.24) is 16.0 Å². The number of amides is 3. The first-order chi connectivity index (χ1) is 14.9. The second kappa shape index (κ2) is 11.3. The summed E-state index contributed by atoms with van der Waals surface area (Å²) in [6.45, 7) is 9.88. The predicted molar refractivity (Wildman–Crippen MR) is 122 cm³/mol. The molecule has 8 nitrogen and oxygen atoms in total. The molecule has 8 heteroatoms. The molecule has 0 aromatic heterocycles. The van der Waals surface area contributed by atoms with Gasteiger partial charge in [-0.15, -0.1) is 0 Å². The van der Waals surface area contributed by atoms with Crippen LogP contribution in [0.15, 0.2) is 18.2 Å². The summed E-state index contributed by atoms with van der Waals surface area (Å²) >= 11 is 0. The molecule has 32 heavy (non-hydrogen) atoms. The summed E-state index contributed by atoms with van der Waals surface area (Å²) < 4.78 is 5.34. The van der Waals surface area contributed by atoms with Crippen molar-refractivity contribution in [2.45, 2.75) is 90.5 Å². The minimum atomic E-state index is -1.15. The molecular formula is C24H37N3O5. The van der Waals surface area contributed by atoms with E-state index in [2.05, 4.69) is 16.0 Å². The SMILES string of the molecule is Cc1ccc(CC(NC(=O)OC(C)(C)C)C(O)CC(=O)N[C@@H]2CCCCNC2=O)cc1C. The number of aliphatic hydroxyl groups excluding tert-OH is 1. The fraction of sp³-hybridized carbons (Fsp3) is 0.625. The van der Waals surface area contributed by atoms with Crippen LogP contribution in [-0.2, 0) is 20.7 Å². The Labute approximate surface area is 190 Å². The molecule has 0 radical (unpaired) electrons. The highest BCUT2D eigenvalue weighted by Gasteiger charge is 2.29. The minimum absolute atomic E-state index is 0.205. The molecule has 1 heterocycles. The first-order valence-electron chi connectivity index (χ1n) is 11.3. The first kappa shape index (κ1) is 25.6. The van der Waals surface area contributed by atoms with Crippen LogP contribution in [0.5, 0.6) is 0 Å². The number of alkyl carbamates (subject to hydrolysis) is 1. The van der Waals surface area contributed by atoms with E-state index in [1.807, 2.05) is 32.0 Å². The molecule has 1 aromatic rings. The monoisotopic (exact) mass is 447 g/mol. The molecule has 2 rings (SSSR count). The van der Waals surface area contributed by atoms with Crippen molar-refractivity contribution in [2.75, 3.05) is 6.54 Å². The van der Waals surface area contributed by atoms with Crippen LogP contribution in [-0.4, -0.2) is 53.3 Å². The fourth-order valence-electron chi connectivity index (χ4n) is 3.59. The minimum Gasteiger partial charge on any atom is -0.444 e. The van der Waals surface area contributed by atoms with Gasteiger partial charge in [-0.25, -0.2) is 4.79 Å². The van der Waals surface area contributed by atoms with Gasteiger partial charge in [-0.1, -0.05) is 18.2 Å².